The normalized spacial score (nSPS) is 12.0. The second-order valence-corrected chi connectivity index (χ2v) is 10.3. The van der Waals surface area contributed by atoms with Gasteiger partial charge >= 0.3 is 0 Å². The van der Waals surface area contributed by atoms with E-state index >= 15 is 0 Å². The molecular formula is C24H32ClN3O5S. The second-order valence-electron chi connectivity index (χ2n) is 7.94. The molecule has 0 radical (unpaired) electrons. The van der Waals surface area contributed by atoms with Crippen LogP contribution in [-0.2, 0) is 26.2 Å². The number of ether oxygens (including phenoxy) is 1. The van der Waals surface area contributed by atoms with E-state index in [1.54, 1.807) is 44.4 Å². The van der Waals surface area contributed by atoms with Crippen LogP contribution < -0.4 is 14.4 Å². The lowest BCUT2D eigenvalue weighted by atomic mass is 10.1. The molecular weight excluding hydrogens is 478 g/mol. The van der Waals surface area contributed by atoms with Crippen molar-refractivity contribution < 1.29 is 22.7 Å². The van der Waals surface area contributed by atoms with E-state index in [2.05, 4.69) is 5.32 Å². The van der Waals surface area contributed by atoms with Crippen molar-refractivity contribution in [3.63, 3.8) is 0 Å². The Hall–Kier alpha value is -2.78. The minimum Gasteiger partial charge on any atom is -0.497 e. The van der Waals surface area contributed by atoms with E-state index in [-0.39, 0.29) is 12.5 Å². The lowest BCUT2D eigenvalue weighted by molar-refractivity contribution is -0.139. The fourth-order valence-corrected chi connectivity index (χ4v) is 4.28. The molecule has 10 heteroatoms. The Labute approximate surface area is 206 Å². The minimum atomic E-state index is -3.78. The van der Waals surface area contributed by atoms with Crippen LogP contribution >= 0.6 is 11.6 Å². The number of methoxy groups -OCH3 is 1. The molecule has 2 amide bonds. The van der Waals surface area contributed by atoms with Gasteiger partial charge in [-0.3, -0.25) is 13.9 Å². The van der Waals surface area contributed by atoms with Crippen molar-refractivity contribution >= 4 is 39.1 Å². The van der Waals surface area contributed by atoms with Gasteiger partial charge in [-0.05, 0) is 55.3 Å². The van der Waals surface area contributed by atoms with Gasteiger partial charge in [-0.1, -0.05) is 37.1 Å². The van der Waals surface area contributed by atoms with E-state index in [1.165, 1.54) is 17.0 Å². The van der Waals surface area contributed by atoms with E-state index in [9.17, 15) is 18.0 Å². The van der Waals surface area contributed by atoms with Crippen LogP contribution in [0.2, 0.25) is 5.02 Å². The number of nitrogens with zero attached hydrogens (tertiary/aromatic N) is 2. The molecule has 186 valence electrons. The summed E-state index contributed by atoms with van der Waals surface area (Å²) in [6.07, 6.45) is 2.77. The highest BCUT2D eigenvalue weighted by molar-refractivity contribution is 7.92. The monoisotopic (exact) mass is 509 g/mol. The van der Waals surface area contributed by atoms with E-state index in [4.69, 9.17) is 16.3 Å². The van der Waals surface area contributed by atoms with Crippen LogP contribution in [-0.4, -0.2) is 57.6 Å². The second kappa shape index (κ2) is 12.6. The third-order valence-electron chi connectivity index (χ3n) is 5.28. The third kappa shape index (κ3) is 7.92. The van der Waals surface area contributed by atoms with Gasteiger partial charge in [-0.15, -0.1) is 0 Å². The van der Waals surface area contributed by atoms with E-state index in [0.717, 1.165) is 29.0 Å². The number of sulfonamides is 1. The number of carbonyl (C=O) groups excluding carboxylic acids is 2. The molecule has 0 saturated heterocycles. The number of carbonyl (C=O) groups is 2. The number of amides is 2. The summed E-state index contributed by atoms with van der Waals surface area (Å²) in [5.41, 5.74) is 1.06. The smallest absolute Gasteiger partial charge is 0.244 e. The molecule has 8 nitrogen and oxygen atoms in total. The molecule has 34 heavy (non-hydrogen) atoms. The predicted molar refractivity (Wildman–Crippen MR) is 135 cm³/mol. The Bertz CT molecular complexity index is 1080. The molecule has 0 aliphatic carbocycles. The molecule has 2 rings (SSSR count). The number of nitrogens with one attached hydrogen (secondary N) is 1. The van der Waals surface area contributed by atoms with E-state index in [0.29, 0.717) is 23.0 Å². The van der Waals surface area contributed by atoms with Gasteiger partial charge in [-0.25, -0.2) is 8.42 Å². The summed E-state index contributed by atoms with van der Waals surface area (Å²) < 4.78 is 31.3. The van der Waals surface area contributed by atoms with Crippen LogP contribution in [0.5, 0.6) is 5.75 Å². The highest BCUT2D eigenvalue weighted by Crippen LogP contribution is 2.22. The molecule has 2 aromatic rings. The lowest BCUT2D eigenvalue weighted by Gasteiger charge is -2.31. The third-order valence-corrected chi connectivity index (χ3v) is 6.67. The molecule has 1 N–H and O–H groups in total. The Balaban J connectivity index is 2.35. The predicted octanol–water partition coefficient (Wildman–Crippen LogP) is 3.45. The number of anilines is 1. The first kappa shape index (κ1) is 27.5. The van der Waals surface area contributed by atoms with Gasteiger partial charge in [0.05, 0.1) is 19.1 Å². The average Bonchev–Trinajstić information content (AvgIpc) is 2.80. The van der Waals surface area contributed by atoms with Crippen LogP contribution in [0.3, 0.4) is 0 Å². The van der Waals surface area contributed by atoms with Gasteiger partial charge in [-0.2, -0.15) is 0 Å². The van der Waals surface area contributed by atoms with Crippen molar-refractivity contribution in [1.82, 2.24) is 10.2 Å². The first-order valence-electron chi connectivity index (χ1n) is 11.0. The van der Waals surface area contributed by atoms with Gasteiger partial charge in [0.25, 0.3) is 0 Å². The van der Waals surface area contributed by atoms with Crippen molar-refractivity contribution in [3.05, 3.63) is 59.1 Å². The highest BCUT2D eigenvalue weighted by Gasteiger charge is 2.30. The quantitative estimate of drug-likeness (QED) is 0.442. The standard InChI is InChI=1S/C24H32ClN3O5S/c1-5-6-14-26-24(30)18(2)27(16-19-8-7-9-22(15-19)33-3)23(29)17-28(34(4,31)32)21-12-10-20(25)11-13-21/h7-13,15,18H,5-6,14,16-17H2,1-4H3,(H,26,30). The van der Waals surface area contributed by atoms with Crippen LogP contribution in [0.15, 0.2) is 48.5 Å². The van der Waals surface area contributed by atoms with Gasteiger partial charge < -0.3 is 15.0 Å². The minimum absolute atomic E-state index is 0.108. The van der Waals surface area contributed by atoms with Crippen molar-refractivity contribution in [3.8, 4) is 5.75 Å². The Morgan fingerprint density at radius 1 is 1.15 bits per heavy atom. The van der Waals surface area contributed by atoms with Gasteiger partial charge in [0.2, 0.25) is 21.8 Å². The van der Waals surface area contributed by atoms with Crippen LogP contribution in [0.1, 0.15) is 32.3 Å². The van der Waals surface area contributed by atoms with Crippen LogP contribution in [0.25, 0.3) is 0 Å². The lowest BCUT2D eigenvalue weighted by Crippen LogP contribution is -2.51. The molecule has 1 atom stereocenters. The maximum absolute atomic E-state index is 13.5. The average molecular weight is 510 g/mol. The van der Waals surface area contributed by atoms with Crippen LogP contribution in [0, 0.1) is 0 Å². The van der Waals surface area contributed by atoms with Crippen molar-refractivity contribution in [2.75, 3.05) is 30.8 Å². The molecule has 0 bridgehead atoms. The zero-order chi connectivity index (χ0) is 25.3. The molecule has 0 fully saturated rings. The maximum atomic E-state index is 13.5. The molecule has 2 aromatic carbocycles. The topological polar surface area (TPSA) is 96.0 Å². The van der Waals surface area contributed by atoms with E-state index < -0.39 is 28.5 Å². The zero-order valence-corrected chi connectivity index (χ0v) is 21.5. The molecule has 0 spiro atoms. The first-order valence-corrected chi connectivity index (χ1v) is 13.2. The summed E-state index contributed by atoms with van der Waals surface area (Å²) >= 11 is 5.93. The van der Waals surface area contributed by atoms with Crippen molar-refractivity contribution in [2.45, 2.75) is 39.3 Å². The Kier molecular flexibility index (Phi) is 10.2. The Morgan fingerprint density at radius 3 is 2.41 bits per heavy atom. The summed E-state index contributed by atoms with van der Waals surface area (Å²) in [4.78, 5) is 27.6. The highest BCUT2D eigenvalue weighted by atomic mass is 35.5. The van der Waals surface area contributed by atoms with E-state index in [1.807, 2.05) is 13.0 Å². The Morgan fingerprint density at radius 2 is 1.82 bits per heavy atom. The number of hydrogen-bond acceptors (Lipinski definition) is 5. The maximum Gasteiger partial charge on any atom is 0.244 e. The molecule has 0 saturated carbocycles. The molecule has 1 unspecified atom stereocenters. The largest absolute Gasteiger partial charge is 0.497 e. The van der Waals surface area contributed by atoms with Crippen molar-refractivity contribution in [1.29, 1.82) is 0 Å². The van der Waals surface area contributed by atoms with Gasteiger partial charge in [0.1, 0.15) is 18.3 Å². The molecule has 0 aromatic heterocycles. The number of unbranched alkanes of at least 4 members (excludes halogenated alkanes) is 1. The van der Waals surface area contributed by atoms with Crippen LogP contribution in [0.4, 0.5) is 5.69 Å². The first-order chi connectivity index (χ1) is 16.1. The summed E-state index contributed by atoms with van der Waals surface area (Å²) in [7, 11) is -2.24. The summed E-state index contributed by atoms with van der Waals surface area (Å²) in [5.74, 6) is -0.202. The van der Waals surface area contributed by atoms with Crippen molar-refractivity contribution in [2.24, 2.45) is 0 Å². The number of rotatable bonds is 12. The fourth-order valence-electron chi connectivity index (χ4n) is 3.31. The summed E-state index contributed by atoms with van der Waals surface area (Å²) in [5, 5.41) is 3.29. The molecule has 0 aliphatic heterocycles. The molecule has 0 heterocycles. The number of hydrogen-bond donors (Lipinski definition) is 1. The fraction of sp³-hybridized carbons (Fsp3) is 0.417. The summed E-state index contributed by atoms with van der Waals surface area (Å²) in [6, 6.07) is 12.5. The van der Waals surface area contributed by atoms with Gasteiger partial charge in [0, 0.05) is 18.1 Å². The summed E-state index contributed by atoms with van der Waals surface area (Å²) in [6.45, 7) is 3.80. The molecule has 0 aliphatic rings. The van der Waals surface area contributed by atoms with Gasteiger partial charge in [0.15, 0.2) is 0 Å². The number of benzene rings is 2. The number of halogens is 1. The zero-order valence-electron chi connectivity index (χ0n) is 20.0. The SMILES string of the molecule is CCCCNC(=O)C(C)N(Cc1cccc(OC)c1)C(=O)CN(c1ccc(Cl)cc1)S(C)(=O)=O.